The summed E-state index contributed by atoms with van der Waals surface area (Å²) in [7, 11) is 0. The highest BCUT2D eigenvalue weighted by molar-refractivity contribution is 5.87. The smallest absolute Gasteiger partial charge is 0.335 e. The zero-order chi connectivity index (χ0) is 10.7. The maximum atomic E-state index is 10.6. The second kappa shape index (κ2) is 5.68. The summed E-state index contributed by atoms with van der Waals surface area (Å²) in [5, 5.41) is 12.0. The van der Waals surface area contributed by atoms with Crippen LogP contribution in [0.25, 0.3) is 6.08 Å². The molecule has 0 amide bonds. The number of carbonyl (C=O) groups is 1. The Morgan fingerprint density at radius 3 is 2.50 bits per heavy atom. The molecule has 4 heteroatoms. The van der Waals surface area contributed by atoms with Crippen molar-refractivity contribution < 1.29 is 9.90 Å². The molecule has 1 fully saturated rings. The SMILES string of the molecule is Cl.O=C(O)c1ccc(/C=C2/CCNC2)cc1. The summed E-state index contributed by atoms with van der Waals surface area (Å²) in [4.78, 5) is 10.6. The van der Waals surface area contributed by atoms with E-state index in [1.807, 2.05) is 12.1 Å². The Morgan fingerprint density at radius 2 is 2.00 bits per heavy atom. The zero-order valence-electron chi connectivity index (χ0n) is 8.77. The number of carboxylic acid groups (broad SMARTS) is 1. The number of halogens is 1. The van der Waals surface area contributed by atoms with Crippen LogP contribution in [0.5, 0.6) is 0 Å². The fraction of sp³-hybridized carbons (Fsp3) is 0.250. The Labute approximate surface area is 101 Å². The third-order valence-electron chi connectivity index (χ3n) is 2.50. The highest BCUT2D eigenvalue weighted by Crippen LogP contribution is 2.13. The van der Waals surface area contributed by atoms with Gasteiger partial charge in [0.2, 0.25) is 0 Å². The van der Waals surface area contributed by atoms with Gasteiger partial charge in [-0.05, 0) is 30.7 Å². The third-order valence-corrected chi connectivity index (χ3v) is 2.50. The predicted molar refractivity (Wildman–Crippen MR) is 66.1 cm³/mol. The van der Waals surface area contributed by atoms with Gasteiger partial charge in [-0.15, -0.1) is 12.4 Å². The standard InChI is InChI=1S/C12H13NO2.ClH/c14-12(15)11-3-1-9(2-4-11)7-10-5-6-13-8-10;/h1-4,7,13H,5-6,8H2,(H,14,15);1H/b10-7-;. The molecule has 3 nitrogen and oxygen atoms in total. The summed E-state index contributed by atoms with van der Waals surface area (Å²) in [6.07, 6.45) is 3.20. The zero-order valence-corrected chi connectivity index (χ0v) is 9.59. The molecule has 1 saturated heterocycles. The maximum Gasteiger partial charge on any atom is 0.335 e. The molecule has 0 aliphatic carbocycles. The second-order valence-corrected chi connectivity index (χ2v) is 3.66. The summed E-state index contributed by atoms with van der Waals surface area (Å²) in [5.41, 5.74) is 2.78. The van der Waals surface area contributed by atoms with Gasteiger partial charge < -0.3 is 10.4 Å². The van der Waals surface area contributed by atoms with E-state index in [4.69, 9.17) is 5.11 Å². The van der Waals surface area contributed by atoms with Gasteiger partial charge in [0, 0.05) is 6.54 Å². The molecule has 16 heavy (non-hydrogen) atoms. The minimum atomic E-state index is -0.878. The minimum Gasteiger partial charge on any atom is -0.478 e. The first-order valence-corrected chi connectivity index (χ1v) is 4.99. The second-order valence-electron chi connectivity index (χ2n) is 3.66. The summed E-state index contributed by atoms with van der Waals surface area (Å²) in [6.45, 7) is 1.99. The average Bonchev–Trinajstić information content (AvgIpc) is 2.71. The summed E-state index contributed by atoms with van der Waals surface area (Å²) < 4.78 is 0. The molecule has 2 rings (SSSR count). The topological polar surface area (TPSA) is 49.3 Å². The molecule has 0 bridgehead atoms. The van der Waals surface area contributed by atoms with Crippen LogP contribution in [0.2, 0.25) is 0 Å². The molecule has 0 aromatic heterocycles. The molecule has 0 atom stereocenters. The number of hydrogen-bond acceptors (Lipinski definition) is 2. The Hall–Kier alpha value is -1.32. The maximum absolute atomic E-state index is 10.6. The average molecular weight is 240 g/mol. The number of hydrogen-bond donors (Lipinski definition) is 2. The number of benzene rings is 1. The van der Waals surface area contributed by atoms with Gasteiger partial charge in [-0.25, -0.2) is 4.79 Å². The van der Waals surface area contributed by atoms with E-state index < -0.39 is 5.97 Å². The molecule has 2 N–H and O–H groups in total. The van der Waals surface area contributed by atoms with Gasteiger partial charge in [0.05, 0.1) is 5.56 Å². The summed E-state index contributed by atoms with van der Waals surface area (Å²) in [5.74, 6) is -0.878. The fourth-order valence-electron chi connectivity index (χ4n) is 1.67. The van der Waals surface area contributed by atoms with Crippen LogP contribution in [-0.4, -0.2) is 24.2 Å². The van der Waals surface area contributed by atoms with Gasteiger partial charge in [0.25, 0.3) is 0 Å². The Morgan fingerprint density at radius 1 is 1.31 bits per heavy atom. The fourth-order valence-corrected chi connectivity index (χ4v) is 1.67. The van der Waals surface area contributed by atoms with Crippen LogP contribution >= 0.6 is 12.4 Å². The molecule has 0 spiro atoms. The van der Waals surface area contributed by atoms with Crippen molar-refractivity contribution in [1.82, 2.24) is 5.32 Å². The first kappa shape index (κ1) is 12.7. The van der Waals surface area contributed by atoms with Crippen LogP contribution in [0.15, 0.2) is 29.8 Å². The van der Waals surface area contributed by atoms with Crippen molar-refractivity contribution >= 4 is 24.5 Å². The number of nitrogens with one attached hydrogen (secondary N) is 1. The van der Waals surface area contributed by atoms with E-state index in [-0.39, 0.29) is 12.4 Å². The van der Waals surface area contributed by atoms with Crippen LogP contribution in [-0.2, 0) is 0 Å². The van der Waals surface area contributed by atoms with Gasteiger partial charge in [-0.1, -0.05) is 23.8 Å². The van der Waals surface area contributed by atoms with E-state index in [1.54, 1.807) is 12.1 Å². The molecule has 1 heterocycles. The van der Waals surface area contributed by atoms with Crippen molar-refractivity contribution in [3.05, 3.63) is 41.0 Å². The highest BCUT2D eigenvalue weighted by atomic mass is 35.5. The van der Waals surface area contributed by atoms with Gasteiger partial charge >= 0.3 is 5.97 Å². The molecule has 86 valence electrons. The highest BCUT2D eigenvalue weighted by Gasteiger charge is 2.05. The molecule has 1 aliphatic rings. The number of aromatic carboxylic acids is 1. The normalized spacial score (nSPS) is 17.1. The first-order valence-electron chi connectivity index (χ1n) is 4.99. The lowest BCUT2D eigenvalue weighted by molar-refractivity contribution is 0.0697. The molecule has 0 saturated carbocycles. The van der Waals surface area contributed by atoms with Crippen LogP contribution in [0, 0.1) is 0 Å². The monoisotopic (exact) mass is 239 g/mol. The van der Waals surface area contributed by atoms with Crippen molar-refractivity contribution in [2.45, 2.75) is 6.42 Å². The van der Waals surface area contributed by atoms with E-state index in [0.717, 1.165) is 25.1 Å². The van der Waals surface area contributed by atoms with Gasteiger partial charge in [-0.2, -0.15) is 0 Å². The van der Waals surface area contributed by atoms with Crippen molar-refractivity contribution in [3.8, 4) is 0 Å². The lowest BCUT2D eigenvalue weighted by Gasteiger charge is -1.98. The van der Waals surface area contributed by atoms with Crippen molar-refractivity contribution in [2.24, 2.45) is 0 Å². The van der Waals surface area contributed by atoms with Crippen molar-refractivity contribution in [1.29, 1.82) is 0 Å². The molecule has 0 radical (unpaired) electrons. The summed E-state index contributed by atoms with van der Waals surface area (Å²) >= 11 is 0. The molecule has 1 aromatic carbocycles. The van der Waals surface area contributed by atoms with Crippen LogP contribution < -0.4 is 5.32 Å². The van der Waals surface area contributed by atoms with E-state index in [1.165, 1.54) is 5.57 Å². The van der Waals surface area contributed by atoms with Crippen LogP contribution in [0.3, 0.4) is 0 Å². The van der Waals surface area contributed by atoms with Crippen molar-refractivity contribution in [2.75, 3.05) is 13.1 Å². The van der Waals surface area contributed by atoms with E-state index in [0.29, 0.717) is 5.56 Å². The largest absolute Gasteiger partial charge is 0.478 e. The number of carboxylic acids is 1. The quantitative estimate of drug-likeness (QED) is 0.832. The Kier molecular flexibility index (Phi) is 4.52. The molecule has 0 unspecified atom stereocenters. The van der Waals surface area contributed by atoms with Crippen LogP contribution in [0.1, 0.15) is 22.3 Å². The van der Waals surface area contributed by atoms with E-state index in [2.05, 4.69) is 11.4 Å². The van der Waals surface area contributed by atoms with Gasteiger partial charge in [-0.3, -0.25) is 0 Å². The molecule has 1 aliphatic heterocycles. The van der Waals surface area contributed by atoms with E-state index >= 15 is 0 Å². The Balaban J connectivity index is 0.00000128. The molecular formula is C12H14ClNO2. The van der Waals surface area contributed by atoms with Gasteiger partial charge in [0.15, 0.2) is 0 Å². The molecular weight excluding hydrogens is 226 g/mol. The van der Waals surface area contributed by atoms with Gasteiger partial charge in [0.1, 0.15) is 0 Å². The lowest BCUT2D eigenvalue weighted by atomic mass is 10.1. The third kappa shape index (κ3) is 3.08. The lowest BCUT2D eigenvalue weighted by Crippen LogP contribution is -2.04. The predicted octanol–water partition coefficient (Wildman–Crippen LogP) is 2.18. The summed E-state index contributed by atoms with van der Waals surface area (Å²) in [6, 6.07) is 6.96. The first-order chi connectivity index (χ1) is 7.25. The minimum absolute atomic E-state index is 0. The molecule has 1 aromatic rings. The van der Waals surface area contributed by atoms with Crippen molar-refractivity contribution in [3.63, 3.8) is 0 Å². The van der Waals surface area contributed by atoms with E-state index in [9.17, 15) is 4.79 Å². The van der Waals surface area contributed by atoms with Crippen LogP contribution in [0.4, 0.5) is 0 Å². The number of rotatable bonds is 2. The Bertz CT molecular complexity index is 390.